The Morgan fingerprint density at radius 1 is 1.43 bits per heavy atom. The fraction of sp³-hybridized carbons (Fsp3) is 0.0833. The van der Waals surface area contributed by atoms with Crippen molar-refractivity contribution < 1.29 is 0 Å². The van der Waals surface area contributed by atoms with Gasteiger partial charge >= 0.3 is 0 Å². The van der Waals surface area contributed by atoms with Crippen molar-refractivity contribution in [3.05, 3.63) is 35.5 Å². The molecule has 0 aliphatic heterocycles. The molecule has 0 bridgehead atoms. The highest BCUT2D eigenvalue weighted by Gasteiger charge is 2.03. The molecule has 2 N–H and O–H groups in total. The second-order valence-corrected chi connectivity index (χ2v) is 3.18. The third-order valence-electron chi connectivity index (χ3n) is 2.21. The summed E-state index contributed by atoms with van der Waals surface area (Å²) in [5.41, 5.74) is 7.40. The molecule has 0 unspecified atom stereocenters. The number of aromatic nitrogens is 1. The summed E-state index contributed by atoms with van der Waals surface area (Å²) in [7, 11) is 0. The number of fused-ring (bicyclic) bond motifs is 1. The summed E-state index contributed by atoms with van der Waals surface area (Å²) < 4.78 is 0. The van der Waals surface area contributed by atoms with E-state index in [-0.39, 0.29) is 0 Å². The van der Waals surface area contributed by atoms with E-state index >= 15 is 0 Å². The number of hydrogen-bond donors (Lipinski definition) is 1. The van der Waals surface area contributed by atoms with Gasteiger partial charge in [-0.25, -0.2) is 4.98 Å². The van der Waals surface area contributed by atoms with Crippen LogP contribution in [0.4, 0.5) is 5.82 Å². The van der Waals surface area contributed by atoms with Gasteiger partial charge in [-0.1, -0.05) is 18.1 Å². The quantitative estimate of drug-likeness (QED) is 0.634. The molecule has 2 nitrogen and oxygen atoms in total. The smallest absolute Gasteiger partial charge is 0.124 e. The number of nitrogens with zero attached hydrogens (tertiary/aromatic N) is 1. The second kappa shape index (κ2) is 3.04. The van der Waals surface area contributed by atoms with Crippen molar-refractivity contribution in [2.24, 2.45) is 0 Å². The highest BCUT2D eigenvalue weighted by molar-refractivity contribution is 5.91. The molecule has 0 amide bonds. The maximum absolute atomic E-state index is 5.65. The standard InChI is InChI=1S/C12H10N2/c1-3-9-5-4-6-10-7-11(13)14-8(2)12(9)10/h1,4-7H,2H3,(H2,13,14). The highest BCUT2D eigenvalue weighted by Crippen LogP contribution is 2.22. The van der Waals surface area contributed by atoms with E-state index in [2.05, 4.69) is 10.9 Å². The van der Waals surface area contributed by atoms with Crippen molar-refractivity contribution in [1.82, 2.24) is 4.98 Å². The minimum Gasteiger partial charge on any atom is -0.384 e. The first-order chi connectivity index (χ1) is 6.72. The van der Waals surface area contributed by atoms with Crippen molar-refractivity contribution in [3.63, 3.8) is 0 Å². The van der Waals surface area contributed by atoms with Gasteiger partial charge in [0.15, 0.2) is 0 Å². The molecule has 1 heterocycles. The number of rotatable bonds is 0. The first-order valence-electron chi connectivity index (χ1n) is 4.35. The lowest BCUT2D eigenvalue weighted by Gasteiger charge is -2.05. The zero-order valence-electron chi connectivity index (χ0n) is 7.91. The molecule has 1 aromatic heterocycles. The minimum atomic E-state index is 0.532. The molecule has 0 aliphatic rings. The van der Waals surface area contributed by atoms with Gasteiger partial charge in [0.05, 0.1) is 0 Å². The number of nitrogen functional groups attached to an aromatic ring is 1. The topological polar surface area (TPSA) is 38.9 Å². The van der Waals surface area contributed by atoms with Crippen LogP contribution in [0.2, 0.25) is 0 Å². The van der Waals surface area contributed by atoms with Crippen LogP contribution < -0.4 is 5.73 Å². The van der Waals surface area contributed by atoms with Gasteiger partial charge in [0, 0.05) is 16.6 Å². The number of pyridine rings is 1. The summed E-state index contributed by atoms with van der Waals surface area (Å²) in [6, 6.07) is 7.66. The van der Waals surface area contributed by atoms with Crippen LogP contribution in [0.1, 0.15) is 11.3 Å². The number of terminal acetylenes is 1. The van der Waals surface area contributed by atoms with E-state index in [4.69, 9.17) is 12.2 Å². The predicted octanol–water partition coefficient (Wildman–Crippen LogP) is 2.11. The van der Waals surface area contributed by atoms with E-state index in [1.807, 2.05) is 31.2 Å². The Kier molecular flexibility index (Phi) is 1.86. The minimum absolute atomic E-state index is 0.532. The molecular weight excluding hydrogens is 172 g/mol. The van der Waals surface area contributed by atoms with E-state index in [9.17, 15) is 0 Å². The van der Waals surface area contributed by atoms with Crippen LogP contribution in [0.25, 0.3) is 10.8 Å². The monoisotopic (exact) mass is 182 g/mol. The van der Waals surface area contributed by atoms with Gasteiger partial charge in [0.1, 0.15) is 5.82 Å². The van der Waals surface area contributed by atoms with Crippen molar-refractivity contribution >= 4 is 16.6 Å². The average molecular weight is 182 g/mol. The maximum Gasteiger partial charge on any atom is 0.124 e. The molecule has 68 valence electrons. The zero-order chi connectivity index (χ0) is 10.1. The van der Waals surface area contributed by atoms with Crippen molar-refractivity contribution in [3.8, 4) is 12.3 Å². The summed E-state index contributed by atoms with van der Waals surface area (Å²) >= 11 is 0. The summed E-state index contributed by atoms with van der Waals surface area (Å²) in [5, 5.41) is 2.06. The van der Waals surface area contributed by atoms with Gasteiger partial charge in [-0.15, -0.1) is 6.42 Å². The average Bonchev–Trinajstić information content (AvgIpc) is 2.16. The molecule has 2 aromatic rings. The number of aryl methyl sites for hydroxylation is 1. The normalized spacial score (nSPS) is 10.0. The van der Waals surface area contributed by atoms with E-state index in [0.717, 1.165) is 22.0 Å². The van der Waals surface area contributed by atoms with Gasteiger partial charge in [-0.2, -0.15) is 0 Å². The Labute approximate surface area is 82.8 Å². The van der Waals surface area contributed by atoms with E-state index in [1.54, 1.807) is 0 Å². The molecule has 0 fully saturated rings. The first-order valence-corrected chi connectivity index (χ1v) is 4.35. The lowest BCUT2D eigenvalue weighted by molar-refractivity contribution is 1.24. The van der Waals surface area contributed by atoms with Crippen LogP contribution in [-0.2, 0) is 0 Å². The van der Waals surface area contributed by atoms with Gasteiger partial charge in [0.2, 0.25) is 0 Å². The van der Waals surface area contributed by atoms with Crippen LogP contribution in [0.5, 0.6) is 0 Å². The van der Waals surface area contributed by atoms with Crippen LogP contribution >= 0.6 is 0 Å². The Morgan fingerprint density at radius 2 is 2.21 bits per heavy atom. The number of hydrogen-bond acceptors (Lipinski definition) is 2. The molecular formula is C12H10N2. The van der Waals surface area contributed by atoms with Gasteiger partial charge in [0.25, 0.3) is 0 Å². The van der Waals surface area contributed by atoms with Crippen LogP contribution in [-0.4, -0.2) is 4.98 Å². The fourth-order valence-electron chi connectivity index (χ4n) is 1.66. The lowest BCUT2D eigenvalue weighted by atomic mass is 10.0. The van der Waals surface area contributed by atoms with E-state index in [1.165, 1.54) is 0 Å². The fourth-order valence-corrected chi connectivity index (χ4v) is 1.66. The van der Waals surface area contributed by atoms with Crippen molar-refractivity contribution in [2.45, 2.75) is 6.92 Å². The highest BCUT2D eigenvalue weighted by atomic mass is 14.8. The Balaban J connectivity index is 2.96. The maximum atomic E-state index is 5.65. The molecule has 0 radical (unpaired) electrons. The molecule has 0 atom stereocenters. The van der Waals surface area contributed by atoms with Crippen LogP contribution in [0.15, 0.2) is 24.3 Å². The molecule has 0 spiro atoms. The SMILES string of the molecule is C#Cc1cccc2cc(N)nc(C)c12. The number of benzene rings is 1. The molecule has 0 saturated carbocycles. The van der Waals surface area contributed by atoms with Gasteiger partial charge in [-0.3, -0.25) is 0 Å². The lowest BCUT2D eigenvalue weighted by Crippen LogP contribution is -1.94. The molecule has 14 heavy (non-hydrogen) atoms. The molecule has 2 rings (SSSR count). The molecule has 2 heteroatoms. The summed E-state index contributed by atoms with van der Waals surface area (Å²) in [4.78, 5) is 4.19. The van der Waals surface area contributed by atoms with Gasteiger partial charge in [-0.05, 0) is 24.4 Å². The third kappa shape index (κ3) is 1.20. The van der Waals surface area contributed by atoms with E-state index in [0.29, 0.717) is 5.82 Å². The van der Waals surface area contributed by atoms with Crippen molar-refractivity contribution in [1.29, 1.82) is 0 Å². The second-order valence-electron chi connectivity index (χ2n) is 3.18. The summed E-state index contributed by atoms with van der Waals surface area (Å²) in [5.74, 6) is 3.18. The first kappa shape index (κ1) is 8.58. The number of anilines is 1. The molecule has 0 aliphatic carbocycles. The Morgan fingerprint density at radius 3 is 2.93 bits per heavy atom. The molecule has 1 aromatic carbocycles. The number of nitrogens with two attached hydrogens (primary N) is 1. The zero-order valence-corrected chi connectivity index (χ0v) is 7.91. The van der Waals surface area contributed by atoms with E-state index < -0.39 is 0 Å². The summed E-state index contributed by atoms with van der Waals surface area (Å²) in [6.45, 7) is 1.92. The summed E-state index contributed by atoms with van der Waals surface area (Å²) in [6.07, 6.45) is 5.41. The largest absolute Gasteiger partial charge is 0.384 e. The van der Waals surface area contributed by atoms with Crippen LogP contribution in [0, 0.1) is 19.3 Å². The van der Waals surface area contributed by atoms with Gasteiger partial charge < -0.3 is 5.73 Å². The predicted molar refractivity (Wildman–Crippen MR) is 58.8 cm³/mol. The van der Waals surface area contributed by atoms with Crippen LogP contribution in [0.3, 0.4) is 0 Å². The Bertz CT molecular complexity index is 536. The third-order valence-corrected chi connectivity index (χ3v) is 2.21. The van der Waals surface area contributed by atoms with Crippen molar-refractivity contribution in [2.75, 3.05) is 5.73 Å². The molecule has 0 saturated heterocycles. The Hall–Kier alpha value is -2.01.